The number of benzene rings is 2. The smallest absolute Gasteiger partial charge is 0.165 e. The van der Waals surface area contributed by atoms with Gasteiger partial charge in [0, 0.05) is 15.9 Å². The van der Waals surface area contributed by atoms with Gasteiger partial charge in [-0.2, -0.15) is 0 Å². The first-order valence-electron chi connectivity index (χ1n) is 6.78. The first kappa shape index (κ1) is 15.4. The third kappa shape index (κ3) is 2.75. The molecule has 6 nitrogen and oxygen atoms in total. The topological polar surface area (TPSA) is 96.3 Å². The van der Waals surface area contributed by atoms with Crippen molar-refractivity contribution in [1.82, 2.24) is 9.97 Å². The quantitative estimate of drug-likeness (QED) is 0.683. The van der Waals surface area contributed by atoms with Crippen LogP contribution in [0.4, 0.5) is 11.5 Å². The van der Waals surface area contributed by atoms with Crippen molar-refractivity contribution in [1.29, 1.82) is 0 Å². The van der Waals surface area contributed by atoms with Crippen LogP contribution >= 0.6 is 15.9 Å². The molecule has 1 aromatic heterocycles. The number of hydrogen-bond acceptors (Lipinski definition) is 6. The van der Waals surface area contributed by atoms with E-state index in [9.17, 15) is 0 Å². The molecule has 0 atom stereocenters. The second-order valence-electron chi connectivity index (χ2n) is 4.89. The van der Waals surface area contributed by atoms with Crippen molar-refractivity contribution < 1.29 is 9.47 Å². The molecule has 0 aliphatic heterocycles. The summed E-state index contributed by atoms with van der Waals surface area (Å²) in [5.74, 6) is 2.03. The molecule has 0 aliphatic rings. The van der Waals surface area contributed by atoms with Crippen LogP contribution in [0.1, 0.15) is 0 Å². The van der Waals surface area contributed by atoms with Gasteiger partial charge in [0.1, 0.15) is 17.3 Å². The van der Waals surface area contributed by atoms with E-state index in [1.807, 2.05) is 18.2 Å². The van der Waals surface area contributed by atoms with Gasteiger partial charge in [-0.1, -0.05) is 15.9 Å². The average Bonchev–Trinajstić information content (AvgIpc) is 2.54. The molecule has 1 heterocycles. The summed E-state index contributed by atoms with van der Waals surface area (Å²) < 4.78 is 11.5. The number of methoxy groups -OCH3 is 2. The van der Waals surface area contributed by atoms with E-state index in [-0.39, 0.29) is 0 Å². The van der Waals surface area contributed by atoms with Gasteiger partial charge in [-0.05, 0) is 24.3 Å². The highest BCUT2D eigenvalue weighted by Crippen LogP contribution is 2.34. The Kier molecular flexibility index (Phi) is 3.96. The van der Waals surface area contributed by atoms with Gasteiger partial charge in [0.25, 0.3) is 0 Å². The zero-order valence-electron chi connectivity index (χ0n) is 12.6. The number of nitrogens with two attached hydrogens (primary N) is 2. The van der Waals surface area contributed by atoms with Crippen LogP contribution in [-0.2, 0) is 0 Å². The molecule has 0 saturated carbocycles. The lowest BCUT2D eigenvalue weighted by molar-refractivity contribution is 0.416. The van der Waals surface area contributed by atoms with Crippen molar-refractivity contribution in [3.63, 3.8) is 0 Å². The average molecular weight is 375 g/mol. The Morgan fingerprint density at radius 1 is 0.957 bits per heavy atom. The Balaban J connectivity index is 2.27. The van der Waals surface area contributed by atoms with Crippen molar-refractivity contribution in [3.05, 3.63) is 34.8 Å². The predicted molar refractivity (Wildman–Crippen MR) is 94.6 cm³/mol. The van der Waals surface area contributed by atoms with Gasteiger partial charge in [0.05, 0.1) is 31.0 Å². The molecule has 3 aromatic rings. The fraction of sp³-hybridized carbons (Fsp3) is 0.125. The molecule has 118 valence electrons. The predicted octanol–water partition coefficient (Wildman–Crippen LogP) is 3.24. The number of anilines is 2. The molecule has 3 rings (SSSR count). The molecule has 2 aromatic carbocycles. The van der Waals surface area contributed by atoms with Crippen molar-refractivity contribution >= 4 is 38.3 Å². The van der Waals surface area contributed by atoms with E-state index >= 15 is 0 Å². The van der Waals surface area contributed by atoms with E-state index in [1.54, 1.807) is 26.4 Å². The van der Waals surface area contributed by atoms with E-state index < -0.39 is 0 Å². The summed E-state index contributed by atoms with van der Waals surface area (Å²) in [5, 5.41) is 0.681. The minimum Gasteiger partial charge on any atom is -0.496 e. The first-order valence-corrected chi connectivity index (χ1v) is 7.57. The monoisotopic (exact) mass is 374 g/mol. The number of ether oxygens (including phenoxy) is 2. The summed E-state index contributed by atoms with van der Waals surface area (Å²) in [7, 11) is 3.15. The fourth-order valence-corrected chi connectivity index (χ4v) is 2.71. The zero-order valence-corrected chi connectivity index (χ0v) is 14.2. The lowest BCUT2D eigenvalue weighted by atomic mass is 10.1. The van der Waals surface area contributed by atoms with Crippen molar-refractivity contribution in [2.24, 2.45) is 0 Å². The number of halogens is 1. The summed E-state index contributed by atoms with van der Waals surface area (Å²) in [6.45, 7) is 0. The normalized spacial score (nSPS) is 10.7. The first-order chi connectivity index (χ1) is 11.0. The molecule has 23 heavy (non-hydrogen) atoms. The fourth-order valence-electron chi connectivity index (χ4n) is 2.35. The minimum absolute atomic E-state index is 0.349. The highest BCUT2D eigenvalue weighted by Gasteiger charge is 2.14. The van der Waals surface area contributed by atoms with Gasteiger partial charge in [0.15, 0.2) is 5.82 Å². The number of aromatic nitrogens is 2. The van der Waals surface area contributed by atoms with E-state index in [4.69, 9.17) is 20.9 Å². The lowest BCUT2D eigenvalue weighted by Crippen LogP contribution is -2.01. The van der Waals surface area contributed by atoms with Gasteiger partial charge in [-0.25, -0.2) is 9.97 Å². The molecule has 0 fully saturated rings. The second-order valence-corrected chi connectivity index (χ2v) is 5.80. The molecule has 0 radical (unpaired) electrons. The highest BCUT2D eigenvalue weighted by atomic mass is 79.9. The Bertz CT molecular complexity index is 899. The van der Waals surface area contributed by atoms with Crippen LogP contribution in [0.15, 0.2) is 34.8 Å². The van der Waals surface area contributed by atoms with E-state index in [2.05, 4.69) is 25.9 Å². The van der Waals surface area contributed by atoms with Gasteiger partial charge >= 0.3 is 0 Å². The lowest BCUT2D eigenvalue weighted by Gasteiger charge is -2.11. The van der Waals surface area contributed by atoms with E-state index in [1.165, 1.54) is 0 Å². The molecule has 0 amide bonds. The number of fused-ring (bicyclic) bond motifs is 1. The molecule has 0 saturated heterocycles. The zero-order chi connectivity index (χ0) is 16.6. The van der Waals surface area contributed by atoms with Crippen molar-refractivity contribution in [2.45, 2.75) is 0 Å². The van der Waals surface area contributed by atoms with E-state index in [0.29, 0.717) is 39.7 Å². The summed E-state index contributed by atoms with van der Waals surface area (Å²) in [4.78, 5) is 8.97. The van der Waals surface area contributed by atoms with Crippen LogP contribution in [0.3, 0.4) is 0 Å². The molecule has 0 bridgehead atoms. The van der Waals surface area contributed by atoms with Gasteiger partial charge in [-0.15, -0.1) is 0 Å². The van der Waals surface area contributed by atoms with Crippen molar-refractivity contribution in [3.8, 4) is 22.9 Å². The largest absolute Gasteiger partial charge is 0.496 e. The molecule has 0 aliphatic carbocycles. The van der Waals surface area contributed by atoms with Crippen molar-refractivity contribution in [2.75, 3.05) is 25.7 Å². The highest BCUT2D eigenvalue weighted by molar-refractivity contribution is 9.10. The van der Waals surface area contributed by atoms with Gasteiger partial charge in [-0.3, -0.25) is 0 Å². The maximum atomic E-state index is 6.08. The summed E-state index contributed by atoms with van der Waals surface area (Å²) >= 11 is 3.44. The summed E-state index contributed by atoms with van der Waals surface area (Å²) in [6.07, 6.45) is 0. The third-order valence-corrected chi connectivity index (χ3v) is 3.97. The molecular formula is C16H15BrN4O2. The summed E-state index contributed by atoms with van der Waals surface area (Å²) in [6, 6.07) is 9.07. The SMILES string of the molecule is COc1cc2nc(-c3cc(Br)ccc3OC)nc(N)c2cc1N. The molecule has 0 unspecified atom stereocenters. The molecule has 0 spiro atoms. The Morgan fingerprint density at radius 2 is 1.70 bits per heavy atom. The Labute approximate surface area is 141 Å². The van der Waals surface area contributed by atoms with Crippen LogP contribution in [-0.4, -0.2) is 24.2 Å². The Hall–Kier alpha value is -2.54. The van der Waals surface area contributed by atoms with Crippen LogP contribution in [0.5, 0.6) is 11.5 Å². The van der Waals surface area contributed by atoms with Crippen LogP contribution in [0, 0.1) is 0 Å². The number of nitrogen functional groups attached to an aromatic ring is 2. The number of hydrogen-bond donors (Lipinski definition) is 2. The van der Waals surface area contributed by atoms with Crippen LogP contribution in [0.2, 0.25) is 0 Å². The van der Waals surface area contributed by atoms with Crippen LogP contribution < -0.4 is 20.9 Å². The maximum Gasteiger partial charge on any atom is 0.165 e. The molecule has 7 heteroatoms. The standard InChI is InChI=1S/C16H15BrN4O2/c1-22-13-4-3-8(17)5-10(13)16-20-12-7-14(23-2)11(18)6-9(12)15(19)21-16/h3-7H,18H2,1-2H3,(H2,19,20,21). The maximum absolute atomic E-state index is 6.08. The molecular weight excluding hydrogens is 360 g/mol. The third-order valence-electron chi connectivity index (χ3n) is 3.48. The Morgan fingerprint density at radius 3 is 2.39 bits per heavy atom. The van der Waals surface area contributed by atoms with Crippen LogP contribution in [0.25, 0.3) is 22.3 Å². The summed E-state index contributed by atoms with van der Waals surface area (Å²) in [5.41, 5.74) is 13.9. The molecule has 4 N–H and O–H groups in total. The van der Waals surface area contributed by atoms with Gasteiger partial charge < -0.3 is 20.9 Å². The number of rotatable bonds is 3. The number of nitrogens with zero attached hydrogens (tertiary/aromatic N) is 2. The van der Waals surface area contributed by atoms with E-state index in [0.717, 1.165) is 10.0 Å². The second kappa shape index (κ2) is 5.92. The van der Waals surface area contributed by atoms with Gasteiger partial charge in [0.2, 0.25) is 0 Å². The minimum atomic E-state index is 0.349.